The van der Waals surface area contributed by atoms with Crippen LogP contribution in [0.25, 0.3) is 0 Å². The van der Waals surface area contributed by atoms with Crippen molar-refractivity contribution >= 4 is 17.5 Å². The standard InChI is InChI=1S/C23H27ClFNO3/c1-14(2)22(27)26-23(3)12-19(15-7-5-8-16(24)11-15)29-20(13-23)17-9-6-10-18(28-4)21(17)25/h5-11,14,19-20H,12-13H2,1-4H3,(H,26,27)/t19-,20+,23-/m0/s1. The van der Waals surface area contributed by atoms with Gasteiger partial charge in [0.25, 0.3) is 0 Å². The van der Waals surface area contributed by atoms with Crippen molar-refractivity contribution in [2.75, 3.05) is 7.11 Å². The Kier molecular flexibility index (Phi) is 6.49. The van der Waals surface area contributed by atoms with Gasteiger partial charge in [0.15, 0.2) is 11.6 Å². The van der Waals surface area contributed by atoms with E-state index in [1.165, 1.54) is 7.11 Å². The van der Waals surface area contributed by atoms with Crippen molar-refractivity contribution < 1.29 is 18.7 Å². The Morgan fingerprint density at radius 3 is 2.59 bits per heavy atom. The summed E-state index contributed by atoms with van der Waals surface area (Å²) in [5, 5.41) is 3.76. The molecule has 3 rings (SSSR count). The van der Waals surface area contributed by atoms with Crippen molar-refractivity contribution in [1.29, 1.82) is 0 Å². The average molecular weight is 420 g/mol. The number of nitrogens with one attached hydrogen (secondary N) is 1. The number of hydrogen-bond donors (Lipinski definition) is 1. The van der Waals surface area contributed by atoms with Gasteiger partial charge in [0, 0.05) is 34.9 Å². The van der Waals surface area contributed by atoms with Gasteiger partial charge < -0.3 is 14.8 Å². The first kappa shape index (κ1) is 21.6. The van der Waals surface area contributed by atoms with Gasteiger partial charge in [-0.05, 0) is 30.7 Å². The van der Waals surface area contributed by atoms with Gasteiger partial charge in [-0.3, -0.25) is 4.79 Å². The predicted octanol–water partition coefficient (Wildman–Crippen LogP) is 5.61. The van der Waals surface area contributed by atoms with Crippen LogP contribution in [-0.4, -0.2) is 18.6 Å². The van der Waals surface area contributed by atoms with E-state index in [1.807, 2.05) is 39.0 Å². The maximum atomic E-state index is 15.0. The largest absolute Gasteiger partial charge is 0.494 e. The monoisotopic (exact) mass is 419 g/mol. The van der Waals surface area contributed by atoms with Crippen LogP contribution in [0, 0.1) is 11.7 Å². The highest BCUT2D eigenvalue weighted by atomic mass is 35.5. The quantitative estimate of drug-likeness (QED) is 0.685. The number of benzene rings is 2. The Balaban J connectivity index is 1.99. The summed E-state index contributed by atoms with van der Waals surface area (Å²) in [6.07, 6.45) is 0.136. The third kappa shape index (κ3) is 4.90. The van der Waals surface area contributed by atoms with E-state index in [-0.39, 0.29) is 23.7 Å². The Bertz CT molecular complexity index is 888. The predicted molar refractivity (Wildman–Crippen MR) is 112 cm³/mol. The second kappa shape index (κ2) is 8.72. The first-order valence-electron chi connectivity index (χ1n) is 9.78. The number of hydrogen-bond acceptors (Lipinski definition) is 3. The maximum absolute atomic E-state index is 15.0. The summed E-state index contributed by atoms with van der Waals surface area (Å²) < 4.78 is 26.4. The molecular weight excluding hydrogens is 393 g/mol. The fourth-order valence-corrected chi connectivity index (χ4v) is 3.96. The van der Waals surface area contributed by atoms with Gasteiger partial charge in [0.05, 0.1) is 19.3 Å². The number of ether oxygens (including phenoxy) is 2. The molecule has 1 heterocycles. The maximum Gasteiger partial charge on any atom is 0.222 e. The van der Waals surface area contributed by atoms with Crippen LogP contribution in [0.1, 0.15) is 56.9 Å². The molecule has 0 spiro atoms. The number of methoxy groups -OCH3 is 1. The van der Waals surface area contributed by atoms with Crippen LogP contribution in [0.5, 0.6) is 5.75 Å². The van der Waals surface area contributed by atoms with Crippen molar-refractivity contribution in [3.05, 3.63) is 64.4 Å². The molecule has 4 nitrogen and oxygen atoms in total. The van der Waals surface area contributed by atoms with E-state index in [0.29, 0.717) is 23.4 Å². The number of carbonyl (C=O) groups is 1. The van der Waals surface area contributed by atoms with Gasteiger partial charge in [-0.2, -0.15) is 0 Å². The highest BCUT2D eigenvalue weighted by Crippen LogP contribution is 2.45. The molecular formula is C23H27ClFNO3. The van der Waals surface area contributed by atoms with E-state index in [0.717, 1.165) is 5.56 Å². The van der Waals surface area contributed by atoms with Crippen molar-refractivity contribution in [1.82, 2.24) is 5.32 Å². The summed E-state index contributed by atoms with van der Waals surface area (Å²) >= 11 is 6.18. The Labute approximate surface area is 176 Å². The minimum Gasteiger partial charge on any atom is -0.494 e. The molecule has 1 N–H and O–H groups in total. The molecule has 1 aliphatic rings. The van der Waals surface area contributed by atoms with E-state index in [1.54, 1.807) is 24.3 Å². The molecule has 1 fully saturated rings. The lowest BCUT2D eigenvalue weighted by atomic mass is 9.81. The minimum absolute atomic E-state index is 0.0379. The molecule has 3 atom stereocenters. The molecule has 0 aliphatic carbocycles. The molecule has 29 heavy (non-hydrogen) atoms. The highest BCUT2D eigenvalue weighted by molar-refractivity contribution is 6.30. The molecule has 0 saturated carbocycles. The topological polar surface area (TPSA) is 47.6 Å². The van der Waals surface area contributed by atoms with Gasteiger partial charge in [-0.15, -0.1) is 0 Å². The third-order valence-corrected chi connectivity index (χ3v) is 5.57. The molecule has 0 radical (unpaired) electrons. The summed E-state index contributed by atoms with van der Waals surface area (Å²) in [6, 6.07) is 12.5. The molecule has 1 saturated heterocycles. The first-order valence-corrected chi connectivity index (χ1v) is 10.2. The molecule has 0 bridgehead atoms. The number of rotatable bonds is 5. The second-order valence-electron chi connectivity index (χ2n) is 8.14. The van der Waals surface area contributed by atoms with Crippen LogP contribution in [0.3, 0.4) is 0 Å². The van der Waals surface area contributed by atoms with E-state index in [4.69, 9.17) is 21.1 Å². The SMILES string of the molecule is COc1cccc([C@H]2C[C@@](C)(NC(=O)C(C)C)C[C@@H](c3cccc(Cl)c3)O2)c1F. The van der Waals surface area contributed by atoms with E-state index in [9.17, 15) is 9.18 Å². The molecule has 1 aliphatic heterocycles. The summed E-state index contributed by atoms with van der Waals surface area (Å²) in [6.45, 7) is 5.69. The molecule has 2 aromatic carbocycles. The van der Waals surface area contributed by atoms with Crippen molar-refractivity contribution in [3.63, 3.8) is 0 Å². The number of halogens is 2. The fraction of sp³-hybridized carbons (Fsp3) is 0.435. The zero-order valence-corrected chi connectivity index (χ0v) is 17.9. The van der Waals surface area contributed by atoms with Gasteiger partial charge in [0.1, 0.15) is 0 Å². The minimum atomic E-state index is -0.563. The summed E-state index contributed by atoms with van der Waals surface area (Å²) in [5.74, 6) is -0.455. The van der Waals surface area contributed by atoms with Crippen LogP contribution in [0.2, 0.25) is 5.02 Å². The lowest BCUT2D eigenvalue weighted by Gasteiger charge is -2.43. The second-order valence-corrected chi connectivity index (χ2v) is 8.58. The summed E-state index contributed by atoms with van der Waals surface area (Å²) in [5.41, 5.74) is 0.754. The van der Waals surface area contributed by atoms with E-state index in [2.05, 4.69) is 5.32 Å². The third-order valence-electron chi connectivity index (χ3n) is 5.33. The van der Waals surface area contributed by atoms with Crippen LogP contribution >= 0.6 is 11.6 Å². The first-order chi connectivity index (χ1) is 13.7. The van der Waals surface area contributed by atoms with Crippen LogP contribution in [-0.2, 0) is 9.53 Å². The van der Waals surface area contributed by atoms with Gasteiger partial charge in [0.2, 0.25) is 5.91 Å². The molecule has 6 heteroatoms. The fourth-order valence-electron chi connectivity index (χ4n) is 3.76. The molecule has 0 aromatic heterocycles. The van der Waals surface area contributed by atoms with Crippen molar-refractivity contribution in [3.8, 4) is 5.75 Å². The summed E-state index contributed by atoms with van der Waals surface area (Å²) in [4.78, 5) is 12.5. The Hall–Kier alpha value is -2.11. The molecule has 0 unspecified atom stereocenters. The van der Waals surface area contributed by atoms with Crippen LogP contribution in [0.4, 0.5) is 4.39 Å². The lowest BCUT2D eigenvalue weighted by Crippen LogP contribution is -2.52. The highest BCUT2D eigenvalue weighted by Gasteiger charge is 2.41. The summed E-state index contributed by atoms with van der Waals surface area (Å²) in [7, 11) is 1.44. The molecule has 1 amide bonds. The Morgan fingerprint density at radius 2 is 1.93 bits per heavy atom. The average Bonchev–Trinajstić information content (AvgIpc) is 2.67. The van der Waals surface area contributed by atoms with Gasteiger partial charge >= 0.3 is 0 Å². The lowest BCUT2D eigenvalue weighted by molar-refractivity contribution is -0.131. The number of amides is 1. The normalized spacial score (nSPS) is 24.4. The van der Waals surface area contributed by atoms with E-state index >= 15 is 0 Å². The zero-order valence-electron chi connectivity index (χ0n) is 17.2. The van der Waals surface area contributed by atoms with Gasteiger partial charge in [-0.25, -0.2) is 4.39 Å². The van der Waals surface area contributed by atoms with Crippen LogP contribution < -0.4 is 10.1 Å². The molecule has 2 aromatic rings. The Morgan fingerprint density at radius 1 is 1.24 bits per heavy atom. The zero-order chi connectivity index (χ0) is 21.2. The van der Waals surface area contributed by atoms with E-state index < -0.39 is 17.5 Å². The van der Waals surface area contributed by atoms with Crippen LogP contribution in [0.15, 0.2) is 42.5 Å². The molecule has 156 valence electrons. The van der Waals surface area contributed by atoms with Gasteiger partial charge in [-0.1, -0.05) is 49.7 Å². The van der Waals surface area contributed by atoms with Crippen molar-refractivity contribution in [2.24, 2.45) is 5.92 Å². The van der Waals surface area contributed by atoms with Crippen molar-refractivity contribution in [2.45, 2.75) is 51.4 Å². The smallest absolute Gasteiger partial charge is 0.222 e. The number of carbonyl (C=O) groups excluding carboxylic acids is 1.